The van der Waals surface area contributed by atoms with E-state index in [0.29, 0.717) is 0 Å². The lowest BCUT2D eigenvalue weighted by molar-refractivity contribution is 0.371. The summed E-state index contributed by atoms with van der Waals surface area (Å²) >= 11 is 0. The highest BCUT2D eigenvalue weighted by molar-refractivity contribution is 4.61. The minimum absolute atomic E-state index is 1.04. The average molecular weight is 269 g/mol. The zero-order chi connectivity index (χ0) is 14.2. The Balaban J connectivity index is 3.57. The van der Waals surface area contributed by atoms with Gasteiger partial charge in [-0.25, -0.2) is 0 Å². The molecule has 0 aliphatic heterocycles. The molecule has 0 amide bonds. The summed E-state index contributed by atoms with van der Waals surface area (Å²) in [6.45, 7) is 6.94. The van der Waals surface area contributed by atoms with E-state index in [2.05, 4.69) is 20.8 Å². The highest BCUT2D eigenvalue weighted by Crippen LogP contribution is 2.23. The molecule has 0 spiro atoms. The molecule has 0 heteroatoms. The Morgan fingerprint density at radius 1 is 0.421 bits per heavy atom. The zero-order valence-corrected chi connectivity index (χ0v) is 14.2. The lowest BCUT2D eigenvalue weighted by Gasteiger charge is -2.16. The lowest BCUT2D eigenvalue weighted by atomic mass is 9.90. The molecule has 0 heterocycles. The molecule has 0 aromatic rings. The third-order valence-corrected chi connectivity index (χ3v) is 4.40. The second-order valence-corrected chi connectivity index (χ2v) is 6.41. The van der Waals surface area contributed by atoms with Gasteiger partial charge in [-0.05, 0) is 5.92 Å². The molecule has 0 N–H and O–H groups in total. The third kappa shape index (κ3) is 14.2. The van der Waals surface area contributed by atoms with Gasteiger partial charge in [-0.1, -0.05) is 117 Å². The molecule has 0 saturated carbocycles. The summed E-state index contributed by atoms with van der Waals surface area (Å²) in [5, 5.41) is 0. The maximum atomic E-state index is 2.33. The first kappa shape index (κ1) is 19.0. The zero-order valence-electron chi connectivity index (χ0n) is 14.2. The van der Waals surface area contributed by atoms with Gasteiger partial charge in [0, 0.05) is 0 Å². The first-order chi connectivity index (χ1) is 9.35. The van der Waals surface area contributed by atoms with E-state index in [4.69, 9.17) is 0 Å². The van der Waals surface area contributed by atoms with Crippen LogP contribution in [0.4, 0.5) is 0 Å². The molecular weight excluding hydrogens is 228 g/mol. The van der Waals surface area contributed by atoms with E-state index in [1.165, 1.54) is 96.3 Å². The smallest absolute Gasteiger partial charge is 0.0414 e. The van der Waals surface area contributed by atoms with Crippen LogP contribution in [0.3, 0.4) is 0 Å². The van der Waals surface area contributed by atoms with Gasteiger partial charge in [0.05, 0.1) is 0 Å². The van der Waals surface area contributed by atoms with Crippen LogP contribution in [0, 0.1) is 5.92 Å². The number of hydrogen-bond acceptors (Lipinski definition) is 0. The molecule has 0 aliphatic carbocycles. The number of unbranched alkanes of at least 4 members (excludes halogenated alkanes) is 9. The van der Waals surface area contributed by atoms with E-state index in [0.717, 1.165) is 5.92 Å². The van der Waals surface area contributed by atoms with Gasteiger partial charge in [-0.3, -0.25) is 0 Å². The molecule has 116 valence electrons. The summed E-state index contributed by atoms with van der Waals surface area (Å²) < 4.78 is 0. The normalized spacial score (nSPS) is 11.4. The highest BCUT2D eigenvalue weighted by atomic mass is 14.1. The Hall–Kier alpha value is 0. The monoisotopic (exact) mass is 268 g/mol. The van der Waals surface area contributed by atoms with Gasteiger partial charge in [0.15, 0.2) is 0 Å². The van der Waals surface area contributed by atoms with Crippen LogP contribution in [0.1, 0.15) is 117 Å². The summed E-state index contributed by atoms with van der Waals surface area (Å²) in [6.07, 6.45) is 21.8. The molecule has 0 nitrogen and oxygen atoms in total. The van der Waals surface area contributed by atoms with E-state index in [9.17, 15) is 0 Å². The van der Waals surface area contributed by atoms with E-state index < -0.39 is 0 Å². The molecule has 0 saturated heterocycles. The molecule has 19 heavy (non-hydrogen) atoms. The summed E-state index contributed by atoms with van der Waals surface area (Å²) in [5.41, 5.74) is 0. The Morgan fingerprint density at radius 3 is 1.21 bits per heavy atom. The standard InChI is InChI=1S/C19H40/c1-4-7-10-12-14-17-19(16-9-6-3)18-15-13-11-8-5-2/h19H,4-18H2,1-3H3. The largest absolute Gasteiger partial charge is 0.0654 e. The van der Waals surface area contributed by atoms with Gasteiger partial charge in [0.1, 0.15) is 0 Å². The molecule has 0 aromatic heterocycles. The van der Waals surface area contributed by atoms with E-state index in [1.807, 2.05) is 0 Å². The van der Waals surface area contributed by atoms with Gasteiger partial charge >= 0.3 is 0 Å². The van der Waals surface area contributed by atoms with E-state index >= 15 is 0 Å². The van der Waals surface area contributed by atoms with Crippen molar-refractivity contribution >= 4 is 0 Å². The van der Waals surface area contributed by atoms with Gasteiger partial charge in [0.2, 0.25) is 0 Å². The summed E-state index contributed by atoms with van der Waals surface area (Å²) in [7, 11) is 0. The Labute approximate surface area is 123 Å². The van der Waals surface area contributed by atoms with Crippen LogP contribution in [0.15, 0.2) is 0 Å². The minimum atomic E-state index is 1.04. The van der Waals surface area contributed by atoms with Crippen molar-refractivity contribution in [2.24, 2.45) is 5.92 Å². The van der Waals surface area contributed by atoms with Crippen molar-refractivity contribution in [2.45, 2.75) is 117 Å². The quantitative estimate of drug-likeness (QED) is 0.269. The van der Waals surface area contributed by atoms with Crippen molar-refractivity contribution in [3.63, 3.8) is 0 Å². The summed E-state index contributed by atoms with van der Waals surface area (Å²) in [5.74, 6) is 1.04. The fourth-order valence-electron chi connectivity index (χ4n) is 3.00. The van der Waals surface area contributed by atoms with E-state index in [1.54, 1.807) is 0 Å². The molecule has 0 unspecified atom stereocenters. The summed E-state index contributed by atoms with van der Waals surface area (Å²) in [6, 6.07) is 0. The minimum Gasteiger partial charge on any atom is -0.0654 e. The van der Waals surface area contributed by atoms with Gasteiger partial charge in [-0.2, -0.15) is 0 Å². The molecule has 0 rings (SSSR count). The molecule has 0 radical (unpaired) electrons. The average Bonchev–Trinajstić information content (AvgIpc) is 2.43. The molecule has 0 atom stereocenters. The molecule has 0 aromatic carbocycles. The number of rotatable bonds is 15. The van der Waals surface area contributed by atoms with Crippen LogP contribution in [0.25, 0.3) is 0 Å². The van der Waals surface area contributed by atoms with Crippen LogP contribution >= 0.6 is 0 Å². The van der Waals surface area contributed by atoms with Crippen LogP contribution in [0.2, 0.25) is 0 Å². The molecule has 0 bridgehead atoms. The lowest BCUT2D eigenvalue weighted by Crippen LogP contribution is -2.01. The van der Waals surface area contributed by atoms with Crippen molar-refractivity contribution in [2.75, 3.05) is 0 Å². The maximum Gasteiger partial charge on any atom is -0.0414 e. The van der Waals surface area contributed by atoms with Crippen molar-refractivity contribution < 1.29 is 0 Å². The van der Waals surface area contributed by atoms with Crippen molar-refractivity contribution in [1.29, 1.82) is 0 Å². The molecule has 0 aliphatic rings. The Morgan fingerprint density at radius 2 is 0.789 bits per heavy atom. The Bertz CT molecular complexity index is 136. The first-order valence-corrected chi connectivity index (χ1v) is 9.35. The molecule has 0 fully saturated rings. The predicted molar refractivity (Wildman–Crippen MR) is 89.8 cm³/mol. The van der Waals surface area contributed by atoms with Crippen molar-refractivity contribution in [3.05, 3.63) is 0 Å². The van der Waals surface area contributed by atoms with E-state index in [-0.39, 0.29) is 0 Å². The highest BCUT2D eigenvalue weighted by Gasteiger charge is 2.07. The second kappa shape index (κ2) is 16.1. The predicted octanol–water partition coefficient (Wildman–Crippen LogP) is 7.51. The maximum absolute atomic E-state index is 2.33. The van der Waals surface area contributed by atoms with Crippen molar-refractivity contribution in [3.8, 4) is 0 Å². The fourth-order valence-corrected chi connectivity index (χ4v) is 3.00. The van der Waals surface area contributed by atoms with Crippen molar-refractivity contribution in [1.82, 2.24) is 0 Å². The number of hydrogen-bond donors (Lipinski definition) is 0. The van der Waals surface area contributed by atoms with Crippen LogP contribution < -0.4 is 0 Å². The fraction of sp³-hybridized carbons (Fsp3) is 1.00. The Kier molecular flexibility index (Phi) is 16.1. The topological polar surface area (TPSA) is 0 Å². The third-order valence-electron chi connectivity index (χ3n) is 4.40. The van der Waals surface area contributed by atoms with Crippen LogP contribution in [-0.4, -0.2) is 0 Å². The molecular formula is C19H40. The van der Waals surface area contributed by atoms with Crippen LogP contribution in [-0.2, 0) is 0 Å². The second-order valence-electron chi connectivity index (χ2n) is 6.41. The first-order valence-electron chi connectivity index (χ1n) is 9.35. The van der Waals surface area contributed by atoms with Gasteiger partial charge < -0.3 is 0 Å². The van der Waals surface area contributed by atoms with Gasteiger partial charge in [0.25, 0.3) is 0 Å². The van der Waals surface area contributed by atoms with Gasteiger partial charge in [-0.15, -0.1) is 0 Å². The van der Waals surface area contributed by atoms with Crippen LogP contribution in [0.5, 0.6) is 0 Å². The SMILES string of the molecule is CCCCCCCC(CCCC)CCCCCCC. The summed E-state index contributed by atoms with van der Waals surface area (Å²) in [4.78, 5) is 0.